The molecule has 0 amide bonds. The minimum atomic E-state index is 0.482. The SMILES string of the molecule is CCc1ccsc1CNC(=S)NN. The van der Waals surface area contributed by atoms with Crippen LogP contribution in [0.25, 0.3) is 0 Å². The lowest BCUT2D eigenvalue weighted by Crippen LogP contribution is -2.39. The quantitative estimate of drug-likeness (QED) is 0.402. The van der Waals surface area contributed by atoms with Gasteiger partial charge in [-0.2, -0.15) is 0 Å². The van der Waals surface area contributed by atoms with Crippen LogP contribution in [0.3, 0.4) is 0 Å². The third-order valence-electron chi connectivity index (χ3n) is 1.76. The Balaban J connectivity index is 2.49. The first-order valence-corrected chi connectivity index (χ1v) is 5.36. The normalized spacial score (nSPS) is 9.69. The molecule has 13 heavy (non-hydrogen) atoms. The molecule has 0 aromatic carbocycles. The van der Waals surface area contributed by atoms with Gasteiger partial charge in [-0.05, 0) is 35.6 Å². The summed E-state index contributed by atoms with van der Waals surface area (Å²) in [6.07, 6.45) is 1.06. The molecule has 4 N–H and O–H groups in total. The van der Waals surface area contributed by atoms with Crippen molar-refractivity contribution in [3.63, 3.8) is 0 Å². The summed E-state index contributed by atoms with van der Waals surface area (Å²) in [6, 6.07) is 2.14. The van der Waals surface area contributed by atoms with Crippen LogP contribution in [-0.4, -0.2) is 5.11 Å². The van der Waals surface area contributed by atoms with E-state index in [9.17, 15) is 0 Å². The van der Waals surface area contributed by atoms with Gasteiger partial charge in [-0.3, -0.25) is 0 Å². The van der Waals surface area contributed by atoms with Crippen molar-refractivity contribution in [2.75, 3.05) is 0 Å². The number of aryl methyl sites for hydroxylation is 1. The van der Waals surface area contributed by atoms with Crippen LogP contribution < -0.4 is 16.6 Å². The van der Waals surface area contributed by atoms with E-state index >= 15 is 0 Å². The molecule has 5 heteroatoms. The van der Waals surface area contributed by atoms with E-state index < -0.39 is 0 Å². The van der Waals surface area contributed by atoms with E-state index in [-0.39, 0.29) is 0 Å². The molecule has 0 saturated carbocycles. The molecule has 0 aliphatic rings. The summed E-state index contributed by atoms with van der Waals surface area (Å²) in [4.78, 5) is 1.32. The minimum Gasteiger partial charge on any atom is -0.357 e. The molecule has 1 rings (SSSR count). The molecule has 0 fully saturated rings. The molecule has 0 aliphatic heterocycles. The van der Waals surface area contributed by atoms with Gasteiger partial charge in [0.1, 0.15) is 0 Å². The molecule has 0 radical (unpaired) electrons. The fraction of sp³-hybridized carbons (Fsp3) is 0.375. The van der Waals surface area contributed by atoms with E-state index in [1.165, 1.54) is 10.4 Å². The number of hydrazine groups is 1. The highest BCUT2D eigenvalue weighted by Gasteiger charge is 2.01. The Morgan fingerprint density at radius 3 is 3.08 bits per heavy atom. The molecular formula is C8H13N3S2. The molecule has 0 spiro atoms. The van der Waals surface area contributed by atoms with Gasteiger partial charge >= 0.3 is 0 Å². The summed E-state index contributed by atoms with van der Waals surface area (Å²) < 4.78 is 0. The van der Waals surface area contributed by atoms with Crippen LogP contribution >= 0.6 is 23.6 Å². The molecule has 3 nitrogen and oxygen atoms in total. The van der Waals surface area contributed by atoms with E-state index in [1.54, 1.807) is 11.3 Å². The predicted molar refractivity (Wildman–Crippen MR) is 60.5 cm³/mol. The van der Waals surface area contributed by atoms with Crippen molar-refractivity contribution in [3.8, 4) is 0 Å². The van der Waals surface area contributed by atoms with Crippen molar-refractivity contribution in [2.24, 2.45) is 5.84 Å². The van der Waals surface area contributed by atoms with Gasteiger partial charge < -0.3 is 10.7 Å². The first-order valence-electron chi connectivity index (χ1n) is 4.07. The van der Waals surface area contributed by atoms with Crippen LogP contribution in [0.5, 0.6) is 0 Å². The summed E-state index contributed by atoms with van der Waals surface area (Å²) in [5.41, 5.74) is 3.76. The second kappa shape index (κ2) is 5.16. The summed E-state index contributed by atoms with van der Waals surface area (Å²) in [7, 11) is 0. The molecule has 72 valence electrons. The first kappa shape index (κ1) is 10.4. The maximum absolute atomic E-state index is 5.13. The number of nitrogens with two attached hydrogens (primary N) is 1. The standard InChI is InChI=1S/C8H13N3S2/c1-2-6-3-4-13-7(6)5-10-8(12)11-9/h3-4H,2,5,9H2,1H3,(H2,10,11,12). The zero-order chi connectivity index (χ0) is 9.68. The zero-order valence-electron chi connectivity index (χ0n) is 7.46. The summed E-state index contributed by atoms with van der Waals surface area (Å²) >= 11 is 6.60. The van der Waals surface area contributed by atoms with Crippen molar-refractivity contribution in [2.45, 2.75) is 19.9 Å². The number of nitrogens with one attached hydrogen (secondary N) is 2. The van der Waals surface area contributed by atoms with E-state index in [2.05, 4.69) is 29.1 Å². The molecule has 0 aliphatic carbocycles. The Hall–Kier alpha value is -0.650. The minimum absolute atomic E-state index is 0.482. The van der Waals surface area contributed by atoms with Crippen molar-refractivity contribution in [3.05, 3.63) is 21.9 Å². The van der Waals surface area contributed by atoms with Gasteiger partial charge in [0, 0.05) is 4.88 Å². The van der Waals surface area contributed by atoms with Crippen LogP contribution in [0.2, 0.25) is 0 Å². The topological polar surface area (TPSA) is 50.1 Å². The molecule has 0 bridgehead atoms. The van der Waals surface area contributed by atoms with Gasteiger partial charge in [0.05, 0.1) is 6.54 Å². The molecule has 1 aromatic rings. The highest BCUT2D eigenvalue weighted by Crippen LogP contribution is 2.16. The number of thiocarbonyl (C=S) groups is 1. The maximum Gasteiger partial charge on any atom is 0.180 e. The summed E-state index contributed by atoms with van der Waals surface area (Å²) in [5, 5.41) is 5.59. The largest absolute Gasteiger partial charge is 0.357 e. The third-order valence-corrected chi connectivity index (χ3v) is 2.98. The van der Waals surface area contributed by atoms with Crippen LogP contribution in [0.1, 0.15) is 17.4 Å². The summed E-state index contributed by atoms with van der Waals surface area (Å²) in [6.45, 7) is 2.90. The fourth-order valence-corrected chi connectivity index (χ4v) is 2.04. The predicted octanol–water partition coefficient (Wildman–Crippen LogP) is 1.15. The van der Waals surface area contributed by atoms with Crippen LogP contribution in [0.15, 0.2) is 11.4 Å². The third kappa shape index (κ3) is 2.95. The van der Waals surface area contributed by atoms with Gasteiger partial charge in [-0.25, -0.2) is 5.84 Å². The van der Waals surface area contributed by atoms with Crippen molar-refractivity contribution in [1.82, 2.24) is 10.7 Å². The van der Waals surface area contributed by atoms with Gasteiger partial charge in [0.2, 0.25) is 0 Å². The van der Waals surface area contributed by atoms with Crippen molar-refractivity contribution in [1.29, 1.82) is 0 Å². The molecular weight excluding hydrogens is 202 g/mol. The van der Waals surface area contributed by atoms with Gasteiger partial charge in [0.25, 0.3) is 0 Å². The number of rotatable bonds is 3. The van der Waals surface area contributed by atoms with Crippen molar-refractivity contribution >= 4 is 28.7 Å². The fourth-order valence-electron chi connectivity index (χ4n) is 1.05. The summed E-state index contributed by atoms with van der Waals surface area (Å²) in [5.74, 6) is 5.13. The highest BCUT2D eigenvalue weighted by molar-refractivity contribution is 7.80. The molecule has 0 atom stereocenters. The highest BCUT2D eigenvalue weighted by atomic mass is 32.1. The van der Waals surface area contributed by atoms with Gasteiger partial charge in [0.15, 0.2) is 5.11 Å². The van der Waals surface area contributed by atoms with E-state index in [1.807, 2.05) is 0 Å². The van der Waals surface area contributed by atoms with Crippen molar-refractivity contribution < 1.29 is 0 Å². The molecule has 1 aromatic heterocycles. The van der Waals surface area contributed by atoms with Gasteiger partial charge in [-0.1, -0.05) is 6.92 Å². The van der Waals surface area contributed by atoms with E-state index in [0.29, 0.717) is 5.11 Å². The van der Waals surface area contributed by atoms with Crippen LogP contribution in [0.4, 0.5) is 0 Å². The lowest BCUT2D eigenvalue weighted by molar-refractivity contribution is 0.868. The zero-order valence-corrected chi connectivity index (χ0v) is 9.10. The Labute approximate surface area is 87.3 Å². The first-order chi connectivity index (χ1) is 6.27. The number of hydrogen-bond acceptors (Lipinski definition) is 3. The number of hydrogen-bond donors (Lipinski definition) is 3. The maximum atomic E-state index is 5.13. The molecule has 1 heterocycles. The van der Waals surface area contributed by atoms with E-state index in [4.69, 9.17) is 18.1 Å². The lowest BCUT2D eigenvalue weighted by Gasteiger charge is -2.06. The monoisotopic (exact) mass is 215 g/mol. The Morgan fingerprint density at radius 2 is 2.46 bits per heavy atom. The Kier molecular flexibility index (Phi) is 4.14. The molecule has 0 saturated heterocycles. The van der Waals surface area contributed by atoms with Crippen LogP contribution in [0, 0.1) is 0 Å². The Bertz CT molecular complexity index is 283. The second-order valence-electron chi connectivity index (χ2n) is 2.55. The average Bonchev–Trinajstić information content (AvgIpc) is 2.61. The van der Waals surface area contributed by atoms with Gasteiger partial charge in [-0.15, -0.1) is 11.3 Å². The second-order valence-corrected chi connectivity index (χ2v) is 3.96. The average molecular weight is 215 g/mol. The smallest absolute Gasteiger partial charge is 0.180 e. The van der Waals surface area contributed by atoms with Crippen LogP contribution in [-0.2, 0) is 13.0 Å². The Morgan fingerprint density at radius 1 is 1.69 bits per heavy atom. The van der Waals surface area contributed by atoms with E-state index in [0.717, 1.165) is 13.0 Å². The molecule has 0 unspecified atom stereocenters. The lowest BCUT2D eigenvalue weighted by atomic mass is 10.2. The number of thiophene rings is 1.